The first kappa shape index (κ1) is 25.6. The fourth-order valence-electron chi connectivity index (χ4n) is 6.08. The van der Waals surface area contributed by atoms with Gasteiger partial charge in [-0.15, -0.1) is 5.10 Å². The Balaban J connectivity index is 1.32. The SMILES string of the molecule is Cn1cnc(C2CC3CC(O)(c4c(F)c(OCCO)nn4C)CC3C2)c1C(=O)Nc1ccc(F)c(Cl)c1. The number of fused-ring (bicyclic) bond motifs is 1. The number of nitrogens with zero attached hydrogens (tertiary/aromatic N) is 4. The van der Waals surface area contributed by atoms with Crippen LogP contribution in [0.5, 0.6) is 5.88 Å². The number of aryl methyl sites for hydroxylation is 2. The third-order valence-electron chi connectivity index (χ3n) is 7.52. The number of imidazole rings is 1. The van der Waals surface area contributed by atoms with Gasteiger partial charge in [0.1, 0.15) is 29.4 Å². The number of aromatic nitrogens is 4. The summed E-state index contributed by atoms with van der Waals surface area (Å²) in [6.45, 7) is -0.362. The minimum Gasteiger partial charge on any atom is -0.472 e. The molecule has 1 amide bonds. The second-order valence-electron chi connectivity index (χ2n) is 9.96. The topological polar surface area (TPSA) is 114 Å². The molecule has 0 spiro atoms. The van der Waals surface area contributed by atoms with Crippen molar-refractivity contribution < 1.29 is 28.5 Å². The maximum Gasteiger partial charge on any atom is 0.274 e. The first-order chi connectivity index (χ1) is 17.6. The number of aliphatic hydroxyl groups is 2. The van der Waals surface area contributed by atoms with Crippen LogP contribution in [0.3, 0.4) is 0 Å². The van der Waals surface area contributed by atoms with Crippen LogP contribution in [0.2, 0.25) is 5.02 Å². The monoisotopic (exact) mass is 535 g/mol. The van der Waals surface area contributed by atoms with Gasteiger partial charge in [0.05, 0.1) is 23.7 Å². The number of nitrogens with one attached hydrogen (secondary N) is 1. The Hall–Kier alpha value is -3.02. The molecule has 2 fully saturated rings. The maximum absolute atomic E-state index is 15.1. The minimum absolute atomic E-state index is 0.00172. The van der Waals surface area contributed by atoms with Gasteiger partial charge in [-0.3, -0.25) is 9.48 Å². The van der Waals surface area contributed by atoms with Crippen LogP contribution >= 0.6 is 11.6 Å². The number of carbonyl (C=O) groups is 1. The van der Waals surface area contributed by atoms with Gasteiger partial charge in [-0.2, -0.15) is 4.39 Å². The summed E-state index contributed by atoms with van der Waals surface area (Å²) in [5.41, 5.74) is 0.139. The van der Waals surface area contributed by atoms with E-state index in [-0.39, 0.29) is 53.5 Å². The van der Waals surface area contributed by atoms with Gasteiger partial charge in [0.15, 0.2) is 0 Å². The van der Waals surface area contributed by atoms with Crippen molar-refractivity contribution in [3.8, 4) is 5.88 Å². The largest absolute Gasteiger partial charge is 0.472 e. The predicted octanol–water partition coefficient (Wildman–Crippen LogP) is 3.50. The number of halogens is 3. The summed E-state index contributed by atoms with van der Waals surface area (Å²) >= 11 is 5.84. The van der Waals surface area contributed by atoms with E-state index in [0.717, 1.165) is 0 Å². The van der Waals surface area contributed by atoms with Crippen LogP contribution in [0.15, 0.2) is 24.5 Å². The number of rotatable bonds is 7. The van der Waals surface area contributed by atoms with Gasteiger partial charge in [-0.1, -0.05) is 11.6 Å². The van der Waals surface area contributed by atoms with Crippen molar-refractivity contribution in [2.45, 2.75) is 37.2 Å². The highest BCUT2D eigenvalue weighted by molar-refractivity contribution is 6.31. The zero-order chi connectivity index (χ0) is 26.5. The number of ether oxygens (including phenoxy) is 1. The molecule has 2 aliphatic rings. The first-order valence-corrected chi connectivity index (χ1v) is 12.5. The molecule has 37 heavy (non-hydrogen) atoms. The van der Waals surface area contributed by atoms with E-state index in [0.29, 0.717) is 42.8 Å². The Morgan fingerprint density at radius 3 is 2.62 bits per heavy atom. The van der Waals surface area contributed by atoms with Crippen LogP contribution < -0.4 is 10.1 Å². The van der Waals surface area contributed by atoms with Crippen molar-refractivity contribution in [2.75, 3.05) is 18.5 Å². The van der Waals surface area contributed by atoms with Gasteiger partial charge in [0.25, 0.3) is 11.8 Å². The standard InChI is InChI=1S/C25H28ClF2N5O4/c1-32-12-29-20(21(32)23(35)30-16-3-4-18(27)17(26)9-16)13-7-14-10-25(36,11-15(14)8-13)22-19(28)24(31-33(22)2)37-6-5-34/h3-4,9,12-15,34,36H,5-8,10-11H2,1-2H3,(H,30,35). The van der Waals surface area contributed by atoms with Crippen LogP contribution in [0.25, 0.3) is 0 Å². The molecule has 198 valence electrons. The van der Waals surface area contributed by atoms with Crippen molar-refractivity contribution in [1.82, 2.24) is 19.3 Å². The summed E-state index contributed by atoms with van der Waals surface area (Å²) in [7, 11) is 3.30. The maximum atomic E-state index is 15.1. The zero-order valence-electron chi connectivity index (χ0n) is 20.4. The second kappa shape index (κ2) is 9.70. The fraction of sp³-hybridized carbons (Fsp3) is 0.480. The molecule has 2 aliphatic carbocycles. The number of anilines is 1. The Labute approximate surface area is 217 Å². The summed E-state index contributed by atoms with van der Waals surface area (Å²) < 4.78 is 36.7. The van der Waals surface area contributed by atoms with Crippen molar-refractivity contribution in [3.05, 3.63) is 58.3 Å². The molecule has 0 bridgehead atoms. The Morgan fingerprint density at radius 1 is 1.27 bits per heavy atom. The van der Waals surface area contributed by atoms with Crippen LogP contribution in [-0.2, 0) is 19.7 Å². The summed E-state index contributed by atoms with van der Waals surface area (Å²) in [4.78, 5) is 17.6. The molecular formula is C25H28ClF2N5O4. The molecule has 2 heterocycles. The molecule has 9 nitrogen and oxygen atoms in total. The van der Waals surface area contributed by atoms with Gasteiger partial charge in [-0.05, 0) is 55.7 Å². The highest BCUT2D eigenvalue weighted by atomic mass is 35.5. The first-order valence-electron chi connectivity index (χ1n) is 12.1. The molecule has 1 aromatic carbocycles. The van der Waals surface area contributed by atoms with Crippen LogP contribution in [-0.4, -0.2) is 48.7 Å². The quantitative estimate of drug-likeness (QED) is 0.427. The zero-order valence-corrected chi connectivity index (χ0v) is 21.2. The van der Waals surface area contributed by atoms with Crippen molar-refractivity contribution >= 4 is 23.2 Å². The number of benzene rings is 1. The Bertz CT molecular complexity index is 1330. The summed E-state index contributed by atoms with van der Waals surface area (Å²) in [6, 6.07) is 3.98. The third kappa shape index (κ3) is 4.60. The molecule has 0 radical (unpaired) electrons. The predicted molar refractivity (Wildman–Crippen MR) is 130 cm³/mol. The van der Waals surface area contributed by atoms with E-state index < -0.39 is 17.2 Å². The molecule has 3 aromatic rings. The molecular weight excluding hydrogens is 508 g/mol. The van der Waals surface area contributed by atoms with Gasteiger partial charge in [-0.25, -0.2) is 9.37 Å². The lowest BCUT2D eigenvalue weighted by atomic mass is 9.90. The van der Waals surface area contributed by atoms with Crippen molar-refractivity contribution in [2.24, 2.45) is 25.9 Å². The molecule has 2 saturated carbocycles. The molecule has 2 unspecified atom stereocenters. The average molecular weight is 536 g/mol. The number of hydrogen-bond acceptors (Lipinski definition) is 6. The van der Waals surface area contributed by atoms with Crippen LogP contribution in [0.4, 0.5) is 14.5 Å². The Morgan fingerprint density at radius 2 is 1.97 bits per heavy atom. The van der Waals surface area contributed by atoms with E-state index in [9.17, 15) is 14.3 Å². The molecule has 12 heteroatoms. The second-order valence-corrected chi connectivity index (χ2v) is 10.4. The summed E-state index contributed by atoms with van der Waals surface area (Å²) in [5.74, 6) is -1.67. The van der Waals surface area contributed by atoms with Crippen molar-refractivity contribution in [1.29, 1.82) is 0 Å². The molecule has 2 aromatic heterocycles. The van der Waals surface area contributed by atoms with E-state index in [1.807, 2.05) is 0 Å². The number of amides is 1. The van der Waals surface area contributed by atoms with E-state index in [4.69, 9.17) is 21.4 Å². The lowest BCUT2D eigenvalue weighted by Crippen LogP contribution is -2.27. The van der Waals surface area contributed by atoms with E-state index in [1.54, 1.807) is 25.0 Å². The lowest BCUT2D eigenvalue weighted by molar-refractivity contribution is 0.0226. The number of aliphatic hydroxyl groups excluding tert-OH is 1. The summed E-state index contributed by atoms with van der Waals surface area (Å²) in [6.07, 6.45) is 3.68. The molecule has 2 atom stereocenters. The fourth-order valence-corrected chi connectivity index (χ4v) is 6.26. The normalized spacial score (nSPS) is 24.9. The Kier molecular flexibility index (Phi) is 6.71. The number of carbonyl (C=O) groups excluding carboxylic acids is 1. The molecule has 5 rings (SSSR count). The molecule has 0 saturated heterocycles. The van der Waals surface area contributed by atoms with Crippen molar-refractivity contribution in [3.63, 3.8) is 0 Å². The van der Waals surface area contributed by atoms with Gasteiger partial charge in [0, 0.05) is 25.7 Å². The number of hydrogen-bond donors (Lipinski definition) is 3. The van der Waals surface area contributed by atoms with E-state index in [2.05, 4.69) is 15.4 Å². The lowest BCUT2D eigenvalue weighted by Gasteiger charge is -2.25. The van der Waals surface area contributed by atoms with Crippen LogP contribution in [0.1, 0.15) is 53.5 Å². The smallest absolute Gasteiger partial charge is 0.274 e. The third-order valence-corrected chi connectivity index (χ3v) is 7.81. The highest BCUT2D eigenvalue weighted by Gasteiger charge is 2.53. The summed E-state index contributed by atoms with van der Waals surface area (Å²) in [5, 5.41) is 27.1. The molecule has 3 N–H and O–H groups in total. The van der Waals surface area contributed by atoms with Gasteiger partial charge >= 0.3 is 0 Å². The van der Waals surface area contributed by atoms with Gasteiger partial charge < -0.3 is 24.8 Å². The minimum atomic E-state index is -1.39. The van der Waals surface area contributed by atoms with Gasteiger partial charge in [0.2, 0.25) is 5.82 Å². The molecule has 0 aliphatic heterocycles. The van der Waals surface area contributed by atoms with Crippen LogP contribution in [0, 0.1) is 23.5 Å². The van der Waals surface area contributed by atoms with E-state index in [1.165, 1.54) is 22.9 Å². The average Bonchev–Trinajstić information content (AvgIpc) is 3.55. The highest BCUT2D eigenvalue weighted by Crippen LogP contribution is 2.57. The van der Waals surface area contributed by atoms with E-state index >= 15 is 4.39 Å².